The van der Waals surface area contributed by atoms with E-state index in [2.05, 4.69) is 28.9 Å². The summed E-state index contributed by atoms with van der Waals surface area (Å²) in [6.07, 6.45) is 3.37. The molecule has 0 radical (unpaired) electrons. The van der Waals surface area contributed by atoms with Crippen molar-refractivity contribution in [1.82, 2.24) is 10.2 Å². The van der Waals surface area contributed by atoms with Crippen LogP contribution in [0.4, 0.5) is 0 Å². The molecule has 1 aliphatic rings. The van der Waals surface area contributed by atoms with Gasteiger partial charge in [0.2, 0.25) is 5.91 Å². The van der Waals surface area contributed by atoms with Crippen LogP contribution in [0, 0.1) is 0 Å². The number of hydrogen-bond acceptors (Lipinski definition) is 4. The third-order valence-corrected chi connectivity index (χ3v) is 6.00. The smallest absolute Gasteiger partial charge is 0.286 e. The van der Waals surface area contributed by atoms with E-state index in [-0.39, 0.29) is 23.6 Å². The minimum atomic E-state index is -0.250. The predicted octanol–water partition coefficient (Wildman–Crippen LogP) is 4.03. The maximum atomic E-state index is 13.0. The molecule has 0 fully saturated rings. The third-order valence-electron chi connectivity index (χ3n) is 5.00. The second-order valence-corrected chi connectivity index (χ2v) is 7.79. The average Bonchev–Trinajstić information content (AvgIpc) is 3.42. The molecule has 3 heterocycles. The minimum Gasteiger partial charge on any atom is -0.459 e. The van der Waals surface area contributed by atoms with E-state index in [4.69, 9.17) is 4.42 Å². The van der Waals surface area contributed by atoms with Gasteiger partial charge in [0.1, 0.15) is 0 Å². The summed E-state index contributed by atoms with van der Waals surface area (Å²) in [7, 11) is 0. The van der Waals surface area contributed by atoms with Gasteiger partial charge in [-0.1, -0.05) is 30.3 Å². The SMILES string of the molecule is O=C(NCCCC(=O)N1CCc2sccc2[C@H]1c1ccccc1)c1ccco1. The fourth-order valence-corrected chi connectivity index (χ4v) is 4.56. The number of hydrogen-bond donors (Lipinski definition) is 1. The number of nitrogens with zero attached hydrogens (tertiary/aromatic N) is 1. The number of thiophene rings is 1. The first-order valence-electron chi connectivity index (χ1n) is 9.46. The molecule has 0 bridgehead atoms. The fraction of sp³-hybridized carbons (Fsp3) is 0.273. The number of rotatable bonds is 6. The molecule has 2 amide bonds. The van der Waals surface area contributed by atoms with E-state index >= 15 is 0 Å². The Bertz CT molecular complexity index is 934. The van der Waals surface area contributed by atoms with E-state index < -0.39 is 0 Å². The largest absolute Gasteiger partial charge is 0.459 e. The van der Waals surface area contributed by atoms with Gasteiger partial charge in [-0.05, 0) is 47.5 Å². The first kappa shape index (κ1) is 18.5. The molecular formula is C22H22N2O3S. The lowest BCUT2D eigenvalue weighted by Gasteiger charge is -2.36. The van der Waals surface area contributed by atoms with Crippen molar-refractivity contribution in [1.29, 1.82) is 0 Å². The Morgan fingerprint density at radius 3 is 2.79 bits per heavy atom. The van der Waals surface area contributed by atoms with Crippen LogP contribution >= 0.6 is 11.3 Å². The van der Waals surface area contributed by atoms with Crippen molar-refractivity contribution in [2.45, 2.75) is 25.3 Å². The Labute approximate surface area is 168 Å². The average molecular weight is 394 g/mol. The zero-order chi connectivity index (χ0) is 19.3. The van der Waals surface area contributed by atoms with Crippen molar-refractivity contribution in [2.24, 2.45) is 0 Å². The molecule has 0 saturated carbocycles. The second kappa shape index (κ2) is 8.44. The molecule has 1 N–H and O–H groups in total. The highest BCUT2D eigenvalue weighted by atomic mass is 32.1. The molecule has 144 valence electrons. The van der Waals surface area contributed by atoms with E-state index in [0.717, 1.165) is 18.5 Å². The topological polar surface area (TPSA) is 62.6 Å². The summed E-state index contributed by atoms with van der Waals surface area (Å²) in [6, 6.07) is 15.6. The molecule has 5 nitrogen and oxygen atoms in total. The van der Waals surface area contributed by atoms with Gasteiger partial charge in [-0.3, -0.25) is 9.59 Å². The van der Waals surface area contributed by atoms with Crippen LogP contribution in [-0.4, -0.2) is 29.8 Å². The maximum absolute atomic E-state index is 13.0. The summed E-state index contributed by atoms with van der Waals surface area (Å²) in [5.41, 5.74) is 2.38. The quantitative estimate of drug-likeness (QED) is 0.642. The molecule has 6 heteroatoms. The zero-order valence-corrected chi connectivity index (χ0v) is 16.3. The Balaban J connectivity index is 1.39. The van der Waals surface area contributed by atoms with Crippen LogP contribution in [0.1, 0.15) is 45.4 Å². The van der Waals surface area contributed by atoms with Gasteiger partial charge < -0.3 is 14.6 Å². The van der Waals surface area contributed by atoms with Gasteiger partial charge in [0.15, 0.2) is 5.76 Å². The van der Waals surface area contributed by atoms with Gasteiger partial charge in [0.25, 0.3) is 5.91 Å². The van der Waals surface area contributed by atoms with Crippen molar-refractivity contribution in [3.8, 4) is 0 Å². The van der Waals surface area contributed by atoms with Crippen molar-refractivity contribution < 1.29 is 14.0 Å². The molecule has 0 saturated heterocycles. The number of carbonyl (C=O) groups is 2. The van der Waals surface area contributed by atoms with Gasteiger partial charge in [-0.15, -0.1) is 11.3 Å². The monoisotopic (exact) mass is 394 g/mol. The van der Waals surface area contributed by atoms with Crippen LogP contribution in [0.5, 0.6) is 0 Å². The summed E-state index contributed by atoms with van der Waals surface area (Å²) in [5, 5.41) is 4.91. The summed E-state index contributed by atoms with van der Waals surface area (Å²) >= 11 is 1.77. The number of amides is 2. The first-order chi connectivity index (χ1) is 13.7. The standard InChI is InChI=1S/C22H22N2O3S/c25-20(9-4-12-23-22(26)18-8-5-14-27-18)24-13-10-19-17(11-15-28-19)21(24)16-6-2-1-3-7-16/h1-3,5-8,11,14-15,21H,4,9-10,12-13H2,(H,23,26)/t21-/m1/s1. The summed E-state index contributed by atoms with van der Waals surface area (Å²) in [6.45, 7) is 1.17. The fourth-order valence-electron chi connectivity index (χ4n) is 3.66. The highest BCUT2D eigenvalue weighted by Gasteiger charge is 2.32. The number of carbonyl (C=O) groups excluding carboxylic acids is 2. The molecule has 0 aliphatic carbocycles. The van der Waals surface area contributed by atoms with Crippen LogP contribution < -0.4 is 5.32 Å². The Kier molecular flexibility index (Phi) is 5.58. The lowest BCUT2D eigenvalue weighted by Crippen LogP contribution is -2.40. The van der Waals surface area contributed by atoms with Gasteiger partial charge in [0.05, 0.1) is 12.3 Å². The molecule has 0 unspecified atom stereocenters. The minimum absolute atomic E-state index is 0.0265. The van der Waals surface area contributed by atoms with E-state index in [1.807, 2.05) is 23.1 Å². The summed E-state index contributed by atoms with van der Waals surface area (Å²) in [4.78, 5) is 28.2. The van der Waals surface area contributed by atoms with Gasteiger partial charge in [-0.2, -0.15) is 0 Å². The predicted molar refractivity (Wildman–Crippen MR) is 108 cm³/mol. The highest BCUT2D eigenvalue weighted by Crippen LogP contribution is 2.38. The number of nitrogens with one attached hydrogen (secondary N) is 1. The molecule has 4 rings (SSSR count). The maximum Gasteiger partial charge on any atom is 0.286 e. The normalized spacial score (nSPS) is 15.9. The molecule has 0 spiro atoms. The zero-order valence-electron chi connectivity index (χ0n) is 15.5. The molecule has 2 aromatic heterocycles. The summed E-state index contributed by atoms with van der Waals surface area (Å²) < 4.78 is 5.07. The second-order valence-electron chi connectivity index (χ2n) is 6.79. The Hall–Kier alpha value is -2.86. The van der Waals surface area contributed by atoms with E-state index in [1.54, 1.807) is 23.5 Å². The third kappa shape index (κ3) is 3.87. The van der Waals surface area contributed by atoms with Crippen LogP contribution in [-0.2, 0) is 11.2 Å². The Morgan fingerprint density at radius 1 is 1.14 bits per heavy atom. The van der Waals surface area contributed by atoms with Crippen LogP contribution in [0.2, 0.25) is 0 Å². The highest BCUT2D eigenvalue weighted by molar-refractivity contribution is 7.10. The van der Waals surface area contributed by atoms with Gasteiger partial charge >= 0.3 is 0 Å². The number of fused-ring (bicyclic) bond motifs is 1. The van der Waals surface area contributed by atoms with Crippen molar-refractivity contribution >= 4 is 23.2 Å². The molecule has 1 aromatic carbocycles. The number of benzene rings is 1. The van der Waals surface area contributed by atoms with Crippen LogP contribution in [0.3, 0.4) is 0 Å². The molecule has 1 aliphatic heterocycles. The molecule has 1 atom stereocenters. The van der Waals surface area contributed by atoms with Crippen molar-refractivity contribution in [2.75, 3.05) is 13.1 Å². The van der Waals surface area contributed by atoms with E-state index in [0.29, 0.717) is 19.4 Å². The van der Waals surface area contributed by atoms with E-state index in [1.165, 1.54) is 16.7 Å². The van der Waals surface area contributed by atoms with Crippen molar-refractivity contribution in [3.05, 3.63) is 81.9 Å². The summed E-state index contributed by atoms with van der Waals surface area (Å²) in [5.74, 6) is 0.162. The number of furan rings is 1. The van der Waals surface area contributed by atoms with Gasteiger partial charge in [0, 0.05) is 24.4 Å². The van der Waals surface area contributed by atoms with Crippen LogP contribution in [0.25, 0.3) is 0 Å². The Morgan fingerprint density at radius 2 is 2.00 bits per heavy atom. The lowest BCUT2D eigenvalue weighted by molar-refractivity contribution is -0.133. The van der Waals surface area contributed by atoms with Crippen molar-refractivity contribution in [3.63, 3.8) is 0 Å². The van der Waals surface area contributed by atoms with Crippen LogP contribution in [0.15, 0.2) is 64.6 Å². The molecule has 3 aromatic rings. The first-order valence-corrected chi connectivity index (χ1v) is 10.3. The van der Waals surface area contributed by atoms with Gasteiger partial charge in [-0.25, -0.2) is 0 Å². The molecular weight excluding hydrogens is 372 g/mol. The molecule has 28 heavy (non-hydrogen) atoms. The van der Waals surface area contributed by atoms with E-state index in [9.17, 15) is 9.59 Å². The lowest BCUT2D eigenvalue weighted by atomic mass is 9.93.